The van der Waals surface area contributed by atoms with Crippen LogP contribution in [0.3, 0.4) is 0 Å². The fourth-order valence-electron chi connectivity index (χ4n) is 15.8. The summed E-state index contributed by atoms with van der Waals surface area (Å²) in [7, 11) is 0. The molecule has 0 saturated carbocycles. The van der Waals surface area contributed by atoms with E-state index in [4.69, 9.17) is 4.74 Å². The summed E-state index contributed by atoms with van der Waals surface area (Å²) in [5, 5.41) is 5.00. The van der Waals surface area contributed by atoms with Crippen LogP contribution in [0, 0.1) is 0 Å². The van der Waals surface area contributed by atoms with Gasteiger partial charge in [0, 0.05) is 104 Å². The first kappa shape index (κ1) is 53.1. The number of anilines is 15. The third-order valence-corrected chi connectivity index (χ3v) is 21.9. The molecule has 0 spiro atoms. The SMILES string of the molecule is c1ccc(N2c3cc4c(cc3B3c5ccccc5Oc5cc(N(c6ccccc6)c6cccc7c6sc6ccccc67)cc2c53)B2c3ccccc3N(c3ccccc3)c3cc(N(c5ccccc5)c5cccc6sc7ccccc7c56)cc(c32)N4c2ccccc2)cc1. The van der Waals surface area contributed by atoms with Crippen LogP contribution in [-0.4, -0.2) is 13.4 Å². The van der Waals surface area contributed by atoms with Crippen molar-refractivity contribution in [2.45, 2.75) is 0 Å². The smallest absolute Gasteiger partial charge is 0.256 e. The predicted molar refractivity (Wildman–Crippen MR) is 401 cm³/mol. The van der Waals surface area contributed by atoms with Crippen LogP contribution < -0.4 is 62.0 Å². The molecule has 4 aliphatic heterocycles. The first-order chi connectivity index (χ1) is 46.7. The lowest BCUT2D eigenvalue weighted by Crippen LogP contribution is -2.64. The van der Waals surface area contributed by atoms with Crippen molar-refractivity contribution in [2.24, 2.45) is 0 Å². The number of para-hydroxylation sites is 7. The van der Waals surface area contributed by atoms with Crippen LogP contribution in [0.25, 0.3) is 40.3 Å². The van der Waals surface area contributed by atoms with Crippen LogP contribution in [0.15, 0.2) is 322 Å². The highest BCUT2D eigenvalue weighted by Crippen LogP contribution is 2.54. The molecule has 0 bridgehead atoms. The van der Waals surface area contributed by atoms with Gasteiger partial charge in [-0.25, -0.2) is 0 Å². The van der Waals surface area contributed by atoms with Crippen molar-refractivity contribution in [3.63, 3.8) is 0 Å². The van der Waals surface area contributed by atoms with Gasteiger partial charge in [0.15, 0.2) is 0 Å². The fraction of sp³-hybridized carbons (Fsp3) is 0. The Kier molecular flexibility index (Phi) is 11.9. The highest BCUT2D eigenvalue weighted by molar-refractivity contribution is 7.26. The lowest BCUT2D eigenvalue weighted by Gasteiger charge is -2.46. The van der Waals surface area contributed by atoms with Crippen molar-refractivity contribution in [3.05, 3.63) is 322 Å². The molecule has 0 fully saturated rings. The highest BCUT2D eigenvalue weighted by Gasteiger charge is 2.48. The van der Waals surface area contributed by atoms with Crippen molar-refractivity contribution in [3.8, 4) is 11.5 Å². The Morgan fingerprint density at radius 1 is 0.277 bits per heavy atom. The number of ether oxygens (including phenoxy) is 1. The molecule has 2 aromatic heterocycles. The zero-order chi connectivity index (χ0) is 61.5. The lowest BCUT2D eigenvalue weighted by atomic mass is 9.30. The summed E-state index contributed by atoms with van der Waals surface area (Å²) in [6, 6.07) is 119. The maximum atomic E-state index is 7.39. The molecule has 94 heavy (non-hydrogen) atoms. The summed E-state index contributed by atoms with van der Waals surface area (Å²) in [6.07, 6.45) is 0. The topological polar surface area (TPSA) is 25.4 Å². The van der Waals surface area contributed by atoms with Crippen LogP contribution in [0.2, 0.25) is 0 Å². The third-order valence-electron chi connectivity index (χ3n) is 19.6. The van der Waals surface area contributed by atoms with E-state index in [2.05, 4.69) is 346 Å². The second kappa shape index (κ2) is 21.0. The molecule has 0 N–H and O–H groups in total. The zero-order valence-corrected chi connectivity index (χ0v) is 52.3. The first-order valence-electron chi connectivity index (χ1n) is 32.1. The van der Waals surface area contributed by atoms with Gasteiger partial charge in [-0.2, -0.15) is 0 Å². The summed E-state index contributed by atoms with van der Waals surface area (Å²) in [6.45, 7) is -0.367. The van der Waals surface area contributed by atoms with E-state index in [9.17, 15) is 0 Å². The number of hydrogen-bond acceptors (Lipinski definition) is 8. The van der Waals surface area contributed by atoms with Gasteiger partial charge in [0.2, 0.25) is 0 Å². The Morgan fingerprint density at radius 2 is 0.734 bits per heavy atom. The van der Waals surface area contributed by atoms with Gasteiger partial charge in [-0.1, -0.05) is 188 Å². The van der Waals surface area contributed by atoms with Crippen LogP contribution >= 0.6 is 22.7 Å². The molecule has 438 valence electrons. The number of hydrogen-bond donors (Lipinski definition) is 0. The van der Waals surface area contributed by atoms with Crippen LogP contribution in [-0.2, 0) is 0 Å². The number of fused-ring (bicyclic) bond motifs is 14. The van der Waals surface area contributed by atoms with Gasteiger partial charge in [0.25, 0.3) is 13.4 Å². The second-order valence-electron chi connectivity index (χ2n) is 24.7. The van der Waals surface area contributed by atoms with Crippen molar-refractivity contribution in [2.75, 3.05) is 24.5 Å². The van der Waals surface area contributed by atoms with Crippen molar-refractivity contribution >= 4 is 195 Å². The quantitative estimate of drug-likeness (QED) is 0.134. The van der Waals surface area contributed by atoms with Gasteiger partial charge in [0.05, 0.1) is 27.4 Å². The molecule has 20 rings (SSSR count). The highest BCUT2D eigenvalue weighted by atomic mass is 32.1. The van der Waals surface area contributed by atoms with E-state index < -0.39 is 0 Å². The number of rotatable bonds is 9. The Balaban J connectivity index is 0.883. The van der Waals surface area contributed by atoms with Gasteiger partial charge < -0.3 is 29.2 Å². The number of thiophene rings is 2. The largest absolute Gasteiger partial charge is 0.458 e. The third kappa shape index (κ3) is 7.97. The Morgan fingerprint density at radius 3 is 1.38 bits per heavy atom. The summed E-state index contributed by atoms with van der Waals surface area (Å²) < 4.78 is 12.4. The molecule has 0 amide bonds. The Hall–Kier alpha value is -11.6. The summed E-state index contributed by atoms with van der Waals surface area (Å²) in [5.74, 6) is 1.70. The van der Waals surface area contributed by atoms with Gasteiger partial charge >= 0.3 is 0 Å². The molecule has 0 atom stereocenters. The van der Waals surface area contributed by atoms with E-state index in [0.717, 1.165) is 108 Å². The van der Waals surface area contributed by atoms with E-state index in [1.807, 2.05) is 22.7 Å². The van der Waals surface area contributed by atoms with Gasteiger partial charge in [-0.05, 0) is 160 Å². The molecule has 14 aromatic carbocycles. The van der Waals surface area contributed by atoms with Crippen molar-refractivity contribution < 1.29 is 4.74 Å². The molecule has 10 heteroatoms. The average molecular weight is 1230 g/mol. The predicted octanol–water partition coefficient (Wildman–Crippen LogP) is 19.8. The fourth-order valence-corrected chi connectivity index (χ4v) is 18.1. The van der Waals surface area contributed by atoms with Gasteiger partial charge in [-0.3, -0.25) is 0 Å². The summed E-state index contributed by atoms with van der Waals surface area (Å²) in [4.78, 5) is 12.6. The Bertz CT molecular complexity index is 5730. The molecule has 0 aliphatic carbocycles. The van der Waals surface area contributed by atoms with E-state index >= 15 is 0 Å². The number of nitrogens with zero attached hydrogens (tertiary/aromatic N) is 5. The monoisotopic (exact) mass is 1230 g/mol. The van der Waals surface area contributed by atoms with Gasteiger partial charge in [-0.15, -0.1) is 22.7 Å². The normalized spacial score (nSPS) is 13.1. The molecule has 4 aliphatic rings. The molecule has 0 unspecified atom stereocenters. The van der Waals surface area contributed by atoms with Crippen molar-refractivity contribution in [1.82, 2.24) is 0 Å². The van der Waals surface area contributed by atoms with Crippen LogP contribution in [0.4, 0.5) is 85.3 Å². The van der Waals surface area contributed by atoms with E-state index in [0.29, 0.717) is 0 Å². The average Bonchev–Trinajstić information content (AvgIpc) is 0.844. The summed E-state index contributed by atoms with van der Waals surface area (Å²) in [5.41, 5.74) is 23.6. The van der Waals surface area contributed by atoms with Crippen molar-refractivity contribution in [1.29, 1.82) is 0 Å². The van der Waals surface area contributed by atoms with E-state index in [1.54, 1.807) is 0 Å². The minimum atomic E-state index is -0.191. The van der Waals surface area contributed by atoms with Crippen LogP contribution in [0.1, 0.15) is 0 Å². The molecule has 6 heterocycles. The molecule has 0 saturated heterocycles. The minimum absolute atomic E-state index is 0.176. The molecule has 0 radical (unpaired) electrons. The maximum absolute atomic E-state index is 7.39. The Labute approximate surface area is 553 Å². The maximum Gasteiger partial charge on any atom is 0.256 e. The number of benzene rings is 14. The van der Waals surface area contributed by atoms with Crippen LogP contribution in [0.5, 0.6) is 11.5 Å². The minimum Gasteiger partial charge on any atom is -0.458 e. The van der Waals surface area contributed by atoms with Gasteiger partial charge in [0.1, 0.15) is 11.5 Å². The second-order valence-corrected chi connectivity index (χ2v) is 26.8. The first-order valence-corrected chi connectivity index (χ1v) is 33.8. The zero-order valence-electron chi connectivity index (χ0n) is 50.7. The molecule has 16 aromatic rings. The molecule has 6 nitrogen and oxygen atoms in total. The molecular formula is C84H53B2N5OS2. The van der Waals surface area contributed by atoms with E-state index in [-0.39, 0.29) is 13.4 Å². The summed E-state index contributed by atoms with van der Waals surface area (Å²) >= 11 is 3.71. The lowest BCUT2D eigenvalue weighted by molar-refractivity contribution is 0.487. The van der Waals surface area contributed by atoms with E-state index in [1.165, 1.54) is 62.2 Å². The standard InChI is InChI=1S/C84H53B2N5OS2/c1-6-26-54(27-7-1)87(69-42-25-47-80-81(69)63-37-17-23-46-79(63)93-80)59-48-73-82-74(49-59)90(57-32-12-4-13-33-57)71-53-72-67(52-66(71)85(82)64-39-18-20-41-68(64)89(73)56-30-10-3-11-31-56)86-65-40-19-21-44-76(65)92-77-51-60(50-75(83(77)86)91(72)58-34-14-5-15-35-58)88(55-28-8-2-9-29-55)70-43-24-38-62-61-36-16-22-45-78(61)94-84(62)70/h1-53H. The molecular weight excluding hydrogens is 1180 g/mol.